The van der Waals surface area contributed by atoms with Gasteiger partial charge in [-0.05, 0) is 19.8 Å². The lowest BCUT2D eigenvalue weighted by atomic mass is 9.69. The predicted molar refractivity (Wildman–Crippen MR) is 52.9 cm³/mol. The van der Waals surface area contributed by atoms with Gasteiger partial charge in [-0.25, -0.2) is 0 Å². The second-order valence-corrected chi connectivity index (χ2v) is 4.11. The minimum absolute atomic E-state index is 0.0525. The number of ether oxygens (including phenoxy) is 1. The number of aliphatic hydroxyl groups is 1. The standard InChI is InChI=1S/C10H19NO3/c1-8(14-2)9(13)11-6-10(7-12)4-3-5-10/h8,12H,3-7H2,1-2H3,(H,11,13)/t8-/m1/s1. The third kappa shape index (κ3) is 2.45. The first-order valence-corrected chi connectivity index (χ1v) is 5.05. The van der Waals surface area contributed by atoms with Crippen LogP contribution in [0.4, 0.5) is 0 Å². The smallest absolute Gasteiger partial charge is 0.248 e. The van der Waals surface area contributed by atoms with Crippen molar-refractivity contribution >= 4 is 5.91 Å². The van der Waals surface area contributed by atoms with Gasteiger partial charge in [0.2, 0.25) is 5.91 Å². The molecule has 0 radical (unpaired) electrons. The fourth-order valence-corrected chi connectivity index (χ4v) is 1.59. The molecule has 1 saturated carbocycles. The summed E-state index contributed by atoms with van der Waals surface area (Å²) in [6.07, 6.45) is 2.75. The van der Waals surface area contributed by atoms with Crippen LogP contribution in [-0.4, -0.2) is 37.4 Å². The van der Waals surface area contributed by atoms with Gasteiger partial charge >= 0.3 is 0 Å². The van der Waals surface area contributed by atoms with Gasteiger partial charge in [0.25, 0.3) is 0 Å². The number of hydrogen-bond donors (Lipinski definition) is 2. The molecular formula is C10H19NO3. The van der Waals surface area contributed by atoms with E-state index in [1.807, 2.05) is 0 Å². The topological polar surface area (TPSA) is 58.6 Å². The lowest BCUT2D eigenvalue weighted by molar-refractivity contribution is -0.131. The molecule has 1 atom stereocenters. The zero-order valence-electron chi connectivity index (χ0n) is 8.88. The Labute approximate surface area is 84.6 Å². The Kier molecular flexibility index (Phi) is 3.89. The second-order valence-electron chi connectivity index (χ2n) is 4.11. The minimum atomic E-state index is -0.411. The number of carbonyl (C=O) groups excluding carboxylic acids is 1. The van der Waals surface area contributed by atoms with E-state index in [2.05, 4.69) is 5.32 Å². The first-order valence-electron chi connectivity index (χ1n) is 5.05. The summed E-state index contributed by atoms with van der Waals surface area (Å²) in [5.41, 5.74) is -0.0525. The van der Waals surface area contributed by atoms with Crippen molar-refractivity contribution in [3.63, 3.8) is 0 Å². The maximum Gasteiger partial charge on any atom is 0.248 e. The fourth-order valence-electron chi connectivity index (χ4n) is 1.59. The second kappa shape index (κ2) is 4.75. The largest absolute Gasteiger partial charge is 0.396 e. The Morgan fingerprint density at radius 1 is 1.64 bits per heavy atom. The Hall–Kier alpha value is -0.610. The number of hydrogen-bond acceptors (Lipinski definition) is 3. The number of methoxy groups -OCH3 is 1. The van der Waals surface area contributed by atoms with E-state index >= 15 is 0 Å². The molecule has 2 N–H and O–H groups in total. The maximum absolute atomic E-state index is 11.4. The summed E-state index contributed by atoms with van der Waals surface area (Å²) in [6, 6.07) is 0. The van der Waals surface area contributed by atoms with Crippen molar-refractivity contribution in [1.29, 1.82) is 0 Å². The van der Waals surface area contributed by atoms with Gasteiger partial charge in [-0.2, -0.15) is 0 Å². The Morgan fingerprint density at radius 2 is 2.29 bits per heavy atom. The van der Waals surface area contributed by atoms with E-state index in [1.54, 1.807) is 6.92 Å². The minimum Gasteiger partial charge on any atom is -0.396 e. The van der Waals surface area contributed by atoms with Crippen molar-refractivity contribution in [2.45, 2.75) is 32.3 Å². The van der Waals surface area contributed by atoms with Crippen molar-refractivity contribution < 1.29 is 14.6 Å². The summed E-state index contributed by atoms with van der Waals surface area (Å²) in [5.74, 6) is -0.104. The van der Waals surface area contributed by atoms with Crippen molar-refractivity contribution in [3.05, 3.63) is 0 Å². The number of carbonyl (C=O) groups is 1. The van der Waals surface area contributed by atoms with E-state index in [0.29, 0.717) is 6.54 Å². The Morgan fingerprint density at radius 3 is 2.64 bits per heavy atom. The van der Waals surface area contributed by atoms with Crippen LogP contribution in [0, 0.1) is 5.41 Å². The Bertz CT molecular complexity index is 196. The van der Waals surface area contributed by atoms with Crippen molar-refractivity contribution in [2.75, 3.05) is 20.3 Å². The van der Waals surface area contributed by atoms with Crippen LogP contribution in [0.1, 0.15) is 26.2 Å². The van der Waals surface area contributed by atoms with Crippen LogP contribution in [0.2, 0.25) is 0 Å². The molecule has 0 spiro atoms. The summed E-state index contributed by atoms with van der Waals surface area (Å²) in [7, 11) is 1.51. The van der Waals surface area contributed by atoms with Gasteiger partial charge in [-0.3, -0.25) is 4.79 Å². The first-order chi connectivity index (χ1) is 6.63. The quantitative estimate of drug-likeness (QED) is 0.672. The fraction of sp³-hybridized carbons (Fsp3) is 0.900. The molecule has 4 heteroatoms. The van der Waals surface area contributed by atoms with Gasteiger partial charge in [0.05, 0.1) is 6.61 Å². The SMILES string of the molecule is CO[C@H](C)C(=O)NCC1(CO)CCC1. The molecule has 0 unspecified atom stereocenters. The monoisotopic (exact) mass is 201 g/mol. The number of amides is 1. The molecule has 1 rings (SSSR count). The van der Waals surface area contributed by atoms with Crippen LogP contribution in [-0.2, 0) is 9.53 Å². The van der Waals surface area contributed by atoms with Crippen LogP contribution in [0.5, 0.6) is 0 Å². The number of aliphatic hydroxyl groups excluding tert-OH is 1. The van der Waals surface area contributed by atoms with Gasteiger partial charge in [-0.15, -0.1) is 0 Å². The van der Waals surface area contributed by atoms with Crippen LogP contribution in [0.3, 0.4) is 0 Å². The van der Waals surface area contributed by atoms with Crippen LogP contribution < -0.4 is 5.32 Å². The van der Waals surface area contributed by atoms with Crippen LogP contribution in [0.15, 0.2) is 0 Å². The highest BCUT2D eigenvalue weighted by Crippen LogP contribution is 2.39. The summed E-state index contributed by atoms with van der Waals surface area (Å²) in [6.45, 7) is 2.44. The molecule has 0 saturated heterocycles. The van der Waals surface area contributed by atoms with Crippen LogP contribution >= 0.6 is 0 Å². The highest BCUT2D eigenvalue weighted by Gasteiger charge is 2.36. The highest BCUT2D eigenvalue weighted by molar-refractivity contribution is 5.80. The normalized spacial score (nSPS) is 21.1. The van der Waals surface area contributed by atoms with E-state index in [1.165, 1.54) is 7.11 Å². The van der Waals surface area contributed by atoms with Gasteiger partial charge in [0.15, 0.2) is 0 Å². The molecule has 0 aromatic heterocycles. The molecule has 1 aliphatic rings. The Balaban J connectivity index is 2.28. The third-order valence-electron chi connectivity index (χ3n) is 3.11. The average molecular weight is 201 g/mol. The molecule has 1 amide bonds. The lowest BCUT2D eigenvalue weighted by Crippen LogP contribution is -2.46. The first kappa shape index (κ1) is 11.5. The molecule has 0 bridgehead atoms. The summed E-state index contributed by atoms with van der Waals surface area (Å²) < 4.78 is 4.89. The molecule has 0 aliphatic heterocycles. The molecular weight excluding hydrogens is 182 g/mol. The molecule has 1 fully saturated rings. The van der Waals surface area contributed by atoms with E-state index in [-0.39, 0.29) is 17.9 Å². The molecule has 0 heterocycles. The summed E-state index contributed by atoms with van der Waals surface area (Å²) in [4.78, 5) is 11.4. The van der Waals surface area contributed by atoms with Crippen molar-refractivity contribution in [3.8, 4) is 0 Å². The summed E-state index contributed by atoms with van der Waals surface area (Å²) in [5, 5.41) is 12.0. The van der Waals surface area contributed by atoms with Crippen molar-refractivity contribution in [1.82, 2.24) is 5.32 Å². The number of rotatable bonds is 5. The predicted octanol–water partition coefficient (Wildman–Crippen LogP) is 0.300. The van der Waals surface area contributed by atoms with E-state index < -0.39 is 6.10 Å². The molecule has 0 aromatic carbocycles. The van der Waals surface area contributed by atoms with E-state index in [0.717, 1.165) is 19.3 Å². The van der Waals surface area contributed by atoms with Crippen molar-refractivity contribution in [2.24, 2.45) is 5.41 Å². The maximum atomic E-state index is 11.4. The molecule has 14 heavy (non-hydrogen) atoms. The average Bonchev–Trinajstić information content (AvgIpc) is 2.15. The lowest BCUT2D eigenvalue weighted by Gasteiger charge is -2.40. The van der Waals surface area contributed by atoms with Gasteiger partial charge in [0.1, 0.15) is 6.10 Å². The molecule has 0 aromatic rings. The van der Waals surface area contributed by atoms with E-state index in [4.69, 9.17) is 9.84 Å². The zero-order chi connectivity index (χ0) is 10.6. The molecule has 4 nitrogen and oxygen atoms in total. The van der Waals surface area contributed by atoms with Gasteiger partial charge in [-0.1, -0.05) is 6.42 Å². The molecule has 82 valence electrons. The van der Waals surface area contributed by atoms with Gasteiger partial charge < -0.3 is 15.2 Å². The number of nitrogens with one attached hydrogen (secondary N) is 1. The molecule has 1 aliphatic carbocycles. The van der Waals surface area contributed by atoms with Crippen LogP contribution in [0.25, 0.3) is 0 Å². The summed E-state index contributed by atoms with van der Waals surface area (Å²) >= 11 is 0. The third-order valence-corrected chi connectivity index (χ3v) is 3.11. The zero-order valence-corrected chi connectivity index (χ0v) is 8.88. The highest BCUT2D eigenvalue weighted by atomic mass is 16.5. The van der Waals surface area contributed by atoms with E-state index in [9.17, 15) is 4.79 Å². The van der Waals surface area contributed by atoms with Gasteiger partial charge in [0, 0.05) is 19.1 Å².